The molecule has 0 atom stereocenters. The van der Waals surface area contributed by atoms with Crippen LogP contribution in [0.4, 0.5) is 0 Å². The van der Waals surface area contributed by atoms with E-state index >= 15 is 0 Å². The Morgan fingerprint density at radius 1 is 1.50 bits per heavy atom. The van der Waals surface area contributed by atoms with Gasteiger partial charge in [-0.25, -0.2) is 0 Å². The van der Waals surface area contributed by atoms with Crippen molar-refractivity contribution in [1.82, 2.24) is 0 Å². The monoisotopic (exact) mass is 161 g/mol. The Labute approximate surface area is 70.0 Å². The average molecular weight is 161 g/mol. The van der Waals surface area contributed by atoms with E-state index in [1.807, 2.05) is 0 Å². The van der Waals surface area contributed by atoms with Crippen LogP contribution in [-0.4, -0.2) is 70.5 Å². The molecule has 0 aliphatic carbocycles. The number of hydrogen-bond donors (Lipinski definition) is 1. The molecule has 0 aromatic rings. The Balaban J connectivity index is 0. The molecule has 1 radical (unpaired) electrons. The fraction of sp³-hybridized carbons (Fsp3) is 0. The topological polar surface area (TPSA) is 20.2 Å². The maximum atomic E-state index is 8.32. The van der Waals surface area contributed by atoms with Gasteiger partial charge in [-0.3, -0.25) is 0 Å². The molecular weight excluding hydrogens is 151 g/mol. The van der Waals surface area contributed by atoms with Gasteiger partial charge in [-0.1, -0.05) is 0 Å². The van der Waals surface area contributed by atoms with Crippen LogP contribution in [0.3, 0.4) is 0 Å². The van der Waals surface area contributed by atoms with Gasteiger partial charge in [0.2, 0.25) is 0 Å². The largest absolute Gasteiger partial charge is 0.442 e. The first-order valence-corrected chi connectivity index (χ1v) is 16.3. The van der Waals surface area contributed by atoms with E-state index in [0.29, 0.717) is 17.1 Å². The molecule has 1 N–H and O–H groups in total. The zero-order chi connectivity index (χ0) is 4.12. The van der Waals surface area contributed by atoms with E-state index < -0.39 is 0 Å². The zero-order valence-corrected chi connectivity index (χ0v) is 12.8. The third-order valence-corrected chi connectivity index (χ3v) is 32.9. The molecule has 0 heterocycles. The summed E-state index contributed by atoms with van der Waals surface area (Å²) in [6.07, 6.45) is 0. The maximum Gasteiger partial charge on any atom is 0.135 e. The molecule has 0 aliphatic rings. The SMILES string of the molecule is O[SiH2][SiH2][SiH2][SiH3].[Na]. The van der Waals surface area contributed by atoms with Gasteiger partial charge in [-0.15, -0.1) is 0 Å². The van der Waals surface area contributed by atoms with Crippen LogP contribution in [-0.2, 0) is 0 Å². The van der Waals surface area contributed by atoms with Crippen molar-refractivity contribution >= 4 is 65.7 Å². The summed E-state index contributed by atoms with van der Waals surface area (Å²) in [6.45, 7) is 0. The van der Waals surface area contributed by atoms with Crippen LogP contribution in [0, 0.1) is 0 Å². The molecule has 33 valence electrons. The summed E-state index contributed by atoms with van der Waals surface area (Å²) < 4.78 is 0. The smallest absolute Gasteiger partial charge is 0.135 e. The van der Waals surface area contributed by atoms with Crippen LogP contribution >= 0.6 is 0 Å². The van der Waals surface area contributed by atoms with Gasteiger partial charge in [0.1, 0.15) is 9.28 Å². The van der Waals surface area contributed by atoms with Gasteiger partial charge in [0.15, 0.2) is 0 Å². The second-order valence-corrected chi connectivity index (χ2v) is 25.1. The Kier molecular flexibility index (Phi) is 17.8. The van der Waals surface area contributed by atoms with Crippen molar-refractivity contribution in [3.05, 3.63) is 0 Å². The number of hydrogen-bond acceptors (Lipinski definition) is 1. The van der Waals surface area contributed by atoms with Crippen molar-refractivity contribution in [3.63, 3.8) is 0 Å². The average Bonchev–Trinajstić information content (AvgIpc) is 1.41. The van der Waals surface area contributed by atoms with Gasteiger partial charge in [-0.2, -0.15) is 0 Å². The Morgan fingerprint density at radius 3 is 2.00 bits per heavy atom. The maximum absolute atomic E-state index is 8.32. The fourth-order valence-corrected chi connectivity index (χ4v) is 12.8. The van der Waals surface area contributed by atoms with Gasteiger partial charge < -0.3 is 4.80 Å². The van der Waals surface area contributed by atoms with Gasteiger partial charge in [0.25, 0.3) is 0 Å². The van der Waals surface area contributed by atoms with Crippen molar-refractivity contribution < 1.29 is 4.80 Å². The summed E-state index contributed by atoms with van der Waals surface area (Å²) in [5.41, 5.74) is 0. The molecule has 0 aromatic carbocycles. The van der Waals surface area contributed by atoms with Gasteiger partial charge >= 0.3 is 0 Å². The first-order chi connectivity index (χ1) is 2.41. The van der Waals surface area contributed by atoms with Crippen molar-refractivity contribution in [2.45, 2.75) is 0 Å². The molecule has 0 unspecified atom stereocenters. The van der Waals surface area contributed by atoms with Crippen molar-refractivity contribution in [3.8, 4) is 0 Å². The summed E-state index contributed by atoms with van der Waals surface area (Å²) in [5.74, 6) is 0. The molecule has 0 fully saturated rings. The van der Waals surface area contributed by atoms with E-state index in [9.17, 15) is 0 Å². The summed E-state index contributed by atoms with van der Waals surface area (Å²) >= 11 is 0. The first-order valence-electron chi connectivity index (χ1n) is 2.02. The van der Waals surface area contributed by atoms with Crippen molar-refractivity contribution in [2.24, 2.45) is 0 Å². The van der Waals surface area contributed by atoms with Crippen LogP contribution in [0.2, 0.25) is 0 Å². The van der Waals surface area contributed by atoms with Gasteiger partial charge in [0, 0.05) is 38.1 Å². The summed E-state index contributed by atoms with van der Waals surface area (Å²) in [6, 6.07) is 0. The Bertz CT molecular complexity index is 15.0. The van der Waals surface area contributed by atoms with Crippen molar-refractivity contribution in [2.75, 3.05) is 0 Å². The number of rotatable bonds is 2. The first kappa shape index (κ1) is 10.7. The van der Waals surface area contributed by atoms with Crippen LogP contribution in [0.25, 0.3) is 0 Å². The second-order valence-electron chi connectivity index (χ2n) is 1.08. The van der Waals surface area contributed by atoms with E-state index in [1.54, 1.807) is 0 Å². The normalized spacial score (nSPS) is 13.5. The van der Waals surface area contributed by atoms with E-state index in [0.717, 1.165) is 0 Å². The molecule has 0 amide bonds. The molecule has 6 heteroatoms. The Morgan fingerprint density at radius 2 is 2.00 bits per heavy atom. The van der Waals surface area contributed by atoms with E-state index in [-0.39, 0.29) is 38.8 Å². The van der Waals surface area contributed by atoms with Crippen LogP contribution in [0.15, 0.2) is 0 Å². The third-order valence-electron chi connectivity index (χ3n) is 0.512. The van der Waals surface area contributed by atoms with Crippen LogP contribution < -0.4 is 0 Å². The summed E-state index contributed by atoms with van der Waals surface area (Å²) in [4.78, 5) is 8.32. The standard InChI is InChI=1S/Na.H10OSi4/c;1-3-5-4-2/h;1H,3-5H2,2H3. The van der Waals surface area contributed by atoms with E-state index in [4.69, 9.17) is 4.80 Å². The molecule has 0 saturated heterocycles. The molecule has 0 rings (SSSR count). The molecule has 0 aliphatic heterocycles. The third kappa shape index (κ3) is 9.27. The predicted octanol–water partition coefficient (Wildman–Crippen LogP) is -4.87. The van der Waals surface area contributed by atoms with E-state index in [1.165, 1.54) is 9.76 Å². The van der Waals surface area contributed by atoms with Crippen LogP contribution in [0.1, 0.15) is 0 Å². The molecule has 0 bridgehead atoms. The molecular formula is H10NaOSi4. The Hall–Kier alpha value is 1.83. The van der Waals surface area contributed by atoms with Gasteiger partial charge in [0.05, 0.1) is 0 Å². The minimum Gasteiger partial charge on any atom is -0.442 e. The molecule has 0 spiro atoms. The molecule has 1 nitrogen and oxygen atoms in total. The van der Waals surface area contributed by atoms with Crippen LogP contribution in [0.5, 0.6) is 0 Å². The molecule has 0 saturated carbocycles. The minimum absolute atomic E-state index is 0. The fourth-order valence-electron chi connectivity index (χ4n) is 0.158. The summed E-state index contributed by atoms with van der Waals surface area (Å²) in [5, 5.41) is 0. The quantitative estimate of drug-likeness (QED) is 0.403. The molecule has 6 heavy (non-hydrogen) atoms. The second kappa shape index (κ2) is 9.95. The molecule has 0 aromatic heterocycles. The van der Waals surface area contributed by atoms with Crippen molar-refractivity contribution in [1.29, 1.82) is 0 Å². The zero-order valence-electron chi connectivity index (χ0n) is 4.57. The predicted molar refractivity (Wildman–Crippen MR) is 43.5 cm³/mol. The summed E-state index contributed by atoms with van der Waals surface area (Å²) in [7, 11) is 1.95. The van der Waals surface area contributed by atoms with E-state index in [2.05, 4.69) is 0 Å². The van der Waals surface area contributed by atoms with Gasteiger partial charge in [-0.05, 0) is 18.3 Å². The minimum atomic E-state index is -0.351.